The van der Waals surface area contributed by atoms with Gasteiger partial charge in [0.05, 0.1) is 0 Å². The summed E-state index contributed by atoms with van der Waals surface area (Å²) in [5.41, 5.74) is 1.02. The summed E-state index contributed by atoms with van der Waals surface area (Å²) in [4.78, 5) is 16.2. The monoisotopic (exact) mass is 241 g/mol. The molecular weight excluding hydrogens is 234 g/mol. The SMILES string of the molecule is O=C(c1csnn1)c1cccc2cnccc12. The molecule has 2 heterocycles. The van der Waals surface area contributed by atoms with Gasteiger partial charge in [0, 0.05) is 28.7 Å². The Labute approximate surface area is 101 Å². The number of rotatable bonds is 2. The Morgan fingerprint density at radius 1 is 1.24 bits per heavy atom. The minimum absolute atomic E-state index is 0.101. The number of ketones is 1. The summed E-state index contributed by atoms with van der Waals surface area (Å²) in [5, 5.41) is 7.29. The van der Waals surface area contributed by atoms with Crippen LogP contribution in [0.4, 0.5) is 0 Å². The third-order valence-corrected chi connectivity index (χ3v) is 3.02. The second kappa shape index (κ2) is 4.03. The van der Waals surface area contributed by atoms with Gasteiger partial charge < -0.3 is 0 Å². The second-order valence-corrected chi connectivity index (χ2v) is 4.13. The van der Waals surface area contributed by atoms with Crippen molar-refractivity contribution in [3.05, 3.63) is 53.3 Å². The lowest BCUT2D eigenvalue weighted by molar-refractivity contribution is 0.103. The van der Waals surface area contributed by atoms with Gasteiger partial charge in [0.15, 0.2) is 0 Å². The van der Waals surface area contributed by atoms with Crippen molar-refractivity contribution in [2.75, 3.05) is 0 Å². The Kier molecular flexibility index (Phi) is 2.38. The standard InChI is InChI=1S/C12H7N3OS/c16-12(11-7-17-15-14-11)10-3-1-2-8-6-13-5-4-9(8)10/h1-7H. The first-order chi connectivity index (χ1) is 8.36. The second-order valence-electron chi connectivity index (χ2n) is 3.52. The third-order valence-electron chi connectivity index (χ3n) is 2.52. The van der Waals surface area contributed by atoms with Gasteiger partial charge in [-0.2, -0.15) is 0 Å². The van der Waals surface area contributed by atoms with Crippen molar-refractivity contribution in [1.29, 1.82) is 0 Å². The Hall–Kier alpha value is -2.14. The molecule has 0 aliphatic rings. The molecule has 82 valence electrons. The van der Waals surface area contributed by atoms with Crippen LogP contribution in [0.3, 0.4) is 0 Å². The molecule has 0 N–H and O–H groups in total. The molecule has 0 amide bonds. The average Bonchev–Trinajstić information content (AvgIpc) is 2.91. The molecule has 0 unspecified atom stereocenters. The van der Waals surface area contributed by atoms with E-state index in [4.69, 9.17) is 0 Å². The lowest BCUT2D eigenvalue weighted by Crippen LogP contribution is -2.02. The van der Waals surface area contributed by atoms with E-state index in [1.807, 2.05) is 18.2 Å². The highest BCUT2D eigenvalue weighted by Crippen LogP contribution is 2.20. The van der Waals surface area contributed by atoms with Crippen molar-refractivity contribution >= 4 is 28.1 Å². The molecule has 2 aromatic heterocycles. The lowest BCUT2D eigenvalue weighted by Gasteiger charge is -2.02. The van der Waals surface area contributed by atoms with E-state index >= 15 is 0 Å². The number of fused-ring (bicyclic) bond motifs is 1. The van der Waals surface area contributed by atoms with E-state index in [0.717, 1.165) is 10.8 Å². The summed E-state index contributed by atoms with van der Waals surface area (Å²) < 4.78 is 3.71. The summed E-state index contributed by atoms with van der Waals surface area (Å²) in [5.74, 6) is -0.101. The maximum atomic E-state index is 12.2. The third kappa shape index (κ3) is 1.70. The average molecular weight is 241 g/mol. The van der Waals surface area contributed by atoms with Gasteiger partial charge in [-0.05, 0) is 23.0 Å². The molecule has 1 aromatic carbocycles. The molecule has 0 aliphatic heterocycles. The molecule has 17 heavy (non-hydrogen) atoms. The van der Waals surface area contributed by atoms with E-state index in [-0.39, 0.29) is 5.78 Å². The molecule has 0 atom stereocenters. The number of pyridine rings is 1. The van der Waals surface area contributed by atoms with Gasteiger partial charge in [-0.3, -0.25) is 9.78 Å². The molecule has 0 spiro atoms. The van der Waals surface area contributed by atoms with Crippen molar-refractivity contribution < 1.29 is 4.79 Å². The maximum Gasteiger partial charge on any atom is 0.214 e. The van der Waals surface area contributed by atoms with E-state index in [9.17, 15) is 4.79 Å². The van der Waals surface area contributed by atoms with Crippen molar-refractivity contribution in [2.45, 2.75) is 0 Å². The van der Waals surface area contributed by atoms with Gasteiger partial charge in [-0.1, -0.05) is 22.7 Å². The molecule has 0 aliphatic carbocycles. The van der Waals surface area contributed by atoms with E-state index in [1.165, 1.54) is 11.5 Å². The van der Waals surface area contributed by atoms with Crippen molar-refractivity contribution in [1.82, 2.24) is 14.6 Å². The molecular formula is C12H7N3OS. The molecule has 0 saturated heterocycles. The Bertz CT molecular complexity index is 674. The highest BCUT2D eigenvalue weighted by molar-refractivity contribution is 7.03. The number of hydrogen-bond donors (Lipinski definition) is 0. The van der Waals surface area contributed by atoms with Gasteiger partial charge >= 0.3 is 0 Å². The van der Waals surface area contributed by atoms with Crippen LogP contribution in [0.1, 0.15) is 16.1 Å². The van der Waals surface area contributed by atoms with Crippen LogP contribution in [0.2, 0.25) is 0 Å². The number of benzene rings is 1. The largest absolute Gasteiger partial charge is 0.287 e. The fraction of sp³-hybridized carbons (Fsp3) is 0. The molecule has 0 saturated carbocycles. The lowest BCUT2D eigenvalue weighted by atomic mass is 10.0. The van der Waals surface area contributed by atoms with E-state index in [2.05, 4.69) is 14.6 Å². The number of nitrogens with zero attached hydrogens (tertiary/aromatic N) is 3. The van der Waals surface area contributed by atoms with Crippen molar-refractivity contribution in [3.8, 4) is 0 Å². The van der Waals surface area contributed by atoms with Crippen LogP contribution in [0, 0.1) is 0 Å². The molecule has 3 aromatic rings. The first-order valence-electron chi connectivity index (χ1n) is 5.01. The first-order valence-corrected chi connectivity index (χ1v) is 5.84. The highest BCUT2D eigenvalue weighted by Gasteiger charge is 2.14. The maximum absolute atomic E-state index is 12.2. The summed E-state index contributed by atoms with van der Waals surface area (Å²) in [7, 11) is 0. The zero-order chi connectivity index (χ0) is 11.7. The number of aromatic nitrogens is 3. The minimum Gasteiger partial charge on any atom is -0.287 e. The van der Waals surface area contributed by atoms with E-state index in [1.54, 1.807) is 23.8 Å². The minimum atomic E-state index is -0.101. The molecule has 0 bridgehead atoms. The van der Waals surface area contributed by atoms with Gasteiger partial charge in [0.1, 0.15) is 5.69 Å². The Morgan fingerprint density at radius 2 is 2.18 bits per heavy atom. The molecule has 5 heteroatoms. The zero-order valence-corrected chi connectivity index (χ0v) is 9.52. The number of hydrogen-bond acceptors (Lipinski definition) is 5. The zero-order valence-electron chi connectivity index (χ0n) is 8.70. The Balaban J connectivity index is 2.21. The van der Waals surface area contributed by atoms with Crippen LogP contribution in [-0.2, 0) is 0 Å². The highest BCUT2D eigenvalue weighted by atomic mass is 32.1. The quantitative estimate of drug-likeness (QED) is 0.646. The molecule has 0 radical (unpaired) electrons. The summed E-state index contributed by atoms with van der Waals surface area (Å²) >= 11 is 1.17. The van der Waals surface area contributed by atoms with Crippen LogP contribution in [0.15, 0.2) is 42.0 Å². The fourth-order valence-electron chi connectivity index (χ4n) is 1.72. The number of carbonyl (C=O) groups excluding carboxylic acids is 1. The first kappa shape index (κ1) is 10.0. The predicted molar refractivity (Wildman–Crippen MR) is 65.1 cm³/mol. The van der Waals surface area contributed by atoms with Crippen LogP contribution in [0.25, 0.3) is 10.8 Å². The molecule has 0 fully saturated rings. The predicted octanol–water partition coefficient (Wildman–Crippen LogP) is 2.32. The van der Waals surface area contributed by atoms with Crippen molar-refractivity contribution in [3.63, 3.8) is 0 Å². The number of carbonyl (C=O) groups is 1. The normalized spacial score (nSPS) is 10.6. The summed E-state index contributed by atoms with van der Waals surface area (Å²) in [6, 6.07) is 7.40. The fourth-order valence-corrected chi connectivity index (χ4v) is 2.16. The molecule has 3 rings (SSSR count). The van der Waals surface area contributed by atoms with E-state index in [0.29, 0.717) is 11.3 Å². The van der Waals surface area contributed by atoms with Gasteiger partial charge in [-0.15, -0.1) is 5.10 Å². The van der Waals surface area contributed by atoms with Crippen LogP contribution < -0.4 is 0 Å². The topological polar surface area (TPSA) is 55.7 Å². The van der Waals surface area contributed by atoms with E-state index < -0.39 is 0 Å². The smallest absolute Gasteiger partial charge is 0.214 e. The van der Waals surface area contributed by atoms with Crippen LogP contribution >= 0.6 is 11.5 Å². The van der Waals surface area contributed by atoms with Crippen molar-refractivity contribution in [2.24, 2.45) is 0 Å². The van der Waals surface area contributed by atoms with Crippen LogP contribution in [0.5, 0.6) is 0 Å². The van der Waals surface area contributed by atoms with Gasteiger partial charge in [-0.25, -0.2) is 0 Å². The Morgan fingerprint density at radius 3 is 3.00 bits per heavy atom. The summed E-state index contributed by atoms with van der Waals surface area (Å²) in [6.07, 6.45) is 3.42. The summed E-state index contributed by atoms with van der Waals surface area (Å²) in [6.45, 7) is 0. The van der Waals surface area contributed by atoms with Crippen LogP contribution in [-0.4, -0.2) is 20.4 Å². The molecule has 4 nitrogen and oxygen atoms in total. The van der Waals surface area contributed by atoms with Gasteiger partial charge in [0.25, 0.3) is 0 Å². The van der Waals surface area contributed by atoms with Gasteiger partial charge in [0.2, 0.25) is 5.78 Å².